The van der Waals surface area contributed by atoms with Crippen LogP contribution in [0.4, 0.5) is 0 Å². The maximum Gasteiger partial charge on any atom is -0.0167 e. The Morgan fingerprint density at radius 1 is 1.17 bits per heavy atom. The summed E-state index contributed by atoms with van der Waals surface area (Å²) in [5.74, 6) is 0. The SMILES string of the molecule is C.CN.CNC. The van der Waals surface area contributed by atoms with E-state index in [1.54, 1.807) is 0 Å². The van der Waals surface area contributed by atoms with Crippen LogP contribution in [0.1, 0.15) is 7.43 Å². The van der Waals surface area contributed by atoms with Crippen molar-refractivity contribution in [1.29, 1.82) is 0 Å². The Balaban J connectivity index is -0.0000000275. The lowest BCUT2D eigenvalue weighted by molar-refractivity contribution is 1.02. The van der Waals surface area contributed by atoms with E-state index >= 15 is 0 Å². The van der Waals surface area contributed by atoms with Crippen molar-refractivity contribution in [3.63, 3.8) is 0 Å². The zero-order chi connectivity index (χ0) is 4.71. The summed E-state index contributed by atoms with van der Waals surface area (Å²) in [5.41, 5.74) is 4.50. The lowest BCUT2D eigenvalue weighted by atomic mass is 11.3. The molecule has 2 heteroatoms. The molecule has 3 N–H and O–H groups in total. The first-order valence-corrected chi connectivity index (χ1v) is 1.58. The highest BCUT2D eigenvalue weighted by atomic mass is 14.7. The molecule has 0 radical (unpaired) electrons. The average molecular weight is 92.2 g/mol. The summed E-state index contributed by atoms with van der Waals surface area (Å²) in [4.78, 5) is 0. The molecule has 0 amide bonds. The van der Waals surface area contributed by atoms with Gasteiger partial charge in [0, 0.05) is 0 Å². The molecule has 0 saturated heterocycles. The molecule has 0 aromatic rings. The van der Waals surface area contributed by atoms with Crippen LogP contribution in [0.2, 0.25) is 0 Å². The van der Waals surface area contributed by atoms with Crippen molar-refractivity contribution in [2.24, 2.45) is 5.73 Å². The van der Waals surface area contributed by atoms with Crippen molar-refractivity contribution in [3.05, 3.63) is 0 Å². The summed E-state index contributed by atoms with van der Waals surface area (Å²) in [7, 11) is 5.25. The smallest absolute Gasteiger partial charge is 0.0167 e. The molecule has 0 atom stereocenters. The molecule has 0 aromatic heterocycles. The van der Waals surface area contributed by atoms with Crippen LogP contribution in [0.25, 0.3) is 0 Å². The van der Waals surface area contributed by atoms with E-state index in [1.165, 1.54) is 7.05 Å². The first kappa shape index (κ1) is 16.8. The standard InChI is InChI=1S/C2H7N.CH5N.CH4/c1-3-2;1-2;/h3H,1-2H3;2H2,1H3;1H4. The fourth-order valence-corrected chi connectivity index (χ4v) is 0. The van der Waals surface area contributed by atoms with E-state index in [4.69, 9.17) is 0 Å². The first-order chi connectivity index (χ1) is 2.41. The minimum Gasteiger partial charge on any atom is -0.333 e. The van der Waals surface area contributed by atoms with Crippen molar-refractivity contribution in [2.45, 2.75) is 7.43 Å². The quantitative estimate of drug-likeness (QED) is 0.443. The van der Waals surface area contributed by atoms with Gasteiger partial charge in [0.25, 0.3) is 0 Å². The third kappa shape index (κ3) is 5220. The van der Waals surface area contributed by atoms with Crippen molar-refractivity contribution >= 4 is 0 Å². The second-order valence-electron chi connectivity index (χ2n) is 0.500. The maximum atomic E-state index is 4.50. The van der Waals surface area contributed by atoms with Crippen LogP contribution >= 0.6 is 0 Å². The van der Waals surface area contributed by atoms with Gasteiger partial charge in [0.15, 0.2) is 0 Å². The van der Waals surface area contributed by atoms with Crippen molar-refractivity contribution in [1.82, 2.24) is 5.32 Å². The predicted octanol–water partition coefficient (Wildman–Crippen LogP) is 0.0466. The van der Waals surface area contributed by atoms with Gasteiger partial charge < -0.3 is 11.1 Å². The fraction of sp³-hybridized carbons (Fsp3) is 1.00. The van der Waals surface area contributed by atoms with Crippen molar-refractivity contribution < 1.29 is 0 Å². The molecule has 6 heavy (non-hydrogen) atoms. The Morgan fingerprint density at radius 2 is 1.17 bits per heavy atom. The number of hydrogen-bond acceptors (Lipinski definition) is 2. The highest BCUT2D eigenvalue weighted by Crippen LogP contribution is 0.981. The van der Waals surface area contributed by atoms with Crippen molar-refractivity contribution in [2.75, 3.05) is 21.1 Å². The highest BCUT2D eigenvalue weighted by molar-refractivity contribution is 3.91. The molecule has 0 rings (SSSR count). The number of nitrogens with two attached hydrogens (primary N) is 1. The van der Waals surface area contributed by atoms with E-state index in [9.17, 15) is 0 Å². The molecule has 2 nitrogen and oxygen atoms in total. The molecule has 0 aliphatic rings. The number of rotatable bonds is 0. The highest BCUT2D eigenvalue weighted by Gasteiger charge is 1.25. The fourth-order valence-electron chi connectivity index (χ4n) is 0. The minimum atomic E-state index is 0. The Bertz CT molecular complexity index is 5.51. The first-order valence-electron chi connectivity index (χ1n) is 1.58. The maximum absolute atomic E-state index is 4.50. The molecule has 0 aliphatic heterocycles. The van der Waals surface area contributed by atoms with Gasteiger partial charge in [0.1, 0.15) is 0 Å². The van der Waals surface area contributed by atoms with E-state index < -0.39 is 0 Å². The zero-order valence-corrected chi connectivity index (χ0v) is 4.08. The summed E-state index contributed by atoms with van der Waals surface area (Å²) in [6.07, 6.45) is 0. The molecule has 0 saturated carbocycles. The summed E-state index contributed by atoms with van der Waals surface area (Å²) >= 11 is 0. The van der Waals surface area contributed by atoms with Gasteiger partial charge in [0.2, 0.25) is 0 Å². The predicted molar refractivity (Wildman–Crippen MR) is 31.8 cm³/mol. The van der Waals surface area contributed by atoms with Gasteiger partial charge in [-0.15, -0.1) is 0 Å². The Labute approximate surface area is 40.7 Å². The Kier molecular flexibility index (Phi) is 250. The van der Waals surface area contributed by atoms with E-state index in [0.717, 1.165) is 0 Å². The molecule has 0 aliphatic carbocycles. The molecule has 0 bridgehead atoms. The van der Waals surface area contributed by atoms with Crippen LogP contribution in [-0.4, -0.2) is 21.1 Å². The molecule has 0 aromatic carbocycles. The van der Waals surface area contributed by atoms with Crippen LogP contribution < -0.4 is 11.1 Å². The van der Waals surface area contributed by atoms with Gasteiger partial charge in [-0.05, 0) is 21.1 Å². The van der Waals surface area contributed by atoms with Crippen LogP contribution in [-0.2, 0) is 0 Å². The van der Waals surface area contributed by atoms with E-state index in [2.05, 4.69) is 11.1 Å². The molecule has 0 unspecified atom stereocenters. The van der Waals surface area contributed by atoms with Crippen LogP contribution in [0.3, 0.4) is 0 Å². The molecular formula is C4H16N2. The zero-order valence-electron chi connectivity index (χ0n) is 4.08. The Morgan fingerprint density at radius 3 is 1.17 bits per heavy atom. The van der Waals surface area contributed by atoms with Gasteiger partial charge in [-0.1, -0.05) is 7.43 Å². The van der Waals surface area contributed by atoms with Gasteiger partial charge in [-0.3, -0.25) is 0 Å². The normalized spacial score (nSPS) is 4.00. The van der Waals surface area contributed by atoms with Gasteiger partial charge in [-0.25, -0.2) is 0 Å². The van der Waals surface area contributed by atoms with Crippen LogP contribution in [0.5, 0.6) is 0 Å². The van der Waals surface area contributed by atoms with E-state index in [1.807, 2.05) is 14.1 Å². The number of hydrogen-bond donors (Lipinski definition) is 2. The van der Waals surface area contributed by atoms with Gasteiger partial charge >= 0.3 is 0 Å². The molecule has 0 spiro atoms. The molecular weight excluding hydrogens is 76.1 g/mol. The molecule has 0 heterocycles. The molecule has 42 valence electrons. The number of nitrogens with one attached hydrogen (secondary N) is 1. The van der Waals surface area contributed by atoms with Crippen LogP contribution in [0, 0.1) is 0 Å². The third-order valence-corrected chi connectivity index (χ3v) is 0. The van der Waals surface area contributed by atoms with Crippen LogP contribution in [0.15, 0.2) is 0 Å². The third-order valence-electron chi connectivity index (χ3n) is 0. The average Bonchev–Trinajstić information content (AvgIpc) is 1.46. The lowest BCUT2D eigenvalue weighted by Crippen LogP contribution is -1.89. The summed E-state index contributed by atoms with van der Waals surface area (Å²) in [6.45, 7) is 0. The summed E-state index contributed by atoms with van der Waals surface area (Å²) < 4.78 is 0. The second kappa shape index (κ2) is 89.3. The van der Waals surface area contributed by atoms with Gasteiger partial charge in [-0.2, -0.15) is 0 Å². The minimum absolute atomic E-state index is 0. The largest absolute Gasteiger partial charge is 0.333 e. The topological polar surface area (TPSA) is 38.0 Å². The lowest BCUT2D eigenvalue weighted by Gasteiger charge is -1.59. The van der Waals surface area contributed by atoms with E-state index in [-0.39, 0.29) is 7.43 Å². The Hall–Kier alpha value is -0.0800. The molecule has 0 fully saturated rings. The van der Waals surface area contributed by atoms with Gasteiger partial charge in [0.05, 0.1) is 0 Å². The monoisotopic (exact) mass is 92.1 g/mol. The van der Waals surface area contributed by atoms with Crippen molar-refractivity contribution in [3.8, 4) is 0 Å². The summed E-state index contributed by atoms with van der Waals surface area (Å²) in [6, 6.07) is 0. The second-order valence-corrected chi connectivity index (χ2v) is 0.500. The van der Waals surface area contributed by atoms with E-state index in [0.29, 0.717) is 0 Å². The summed E-state index contributed by atoms with van der Waals surface area (Å²) in [5, 5.41) is 2.75.